The van der Waals surface area contributed by atoms with E-state index >= 15 is 0 Å². The van der Waals surface area contributed by atoms with Crippen LogP contribution in [0.3, 0.4) is 0 Å². The molecule has 0 bridgehead atoms. The lowest BCUT2D eigenvalue weighted by Crippen LogP contribution is -2.00. The van der Waals surface area contributed by atoms with Gasteiger partial charge in [0.1, 0.15) is 5.75 Å². The van der Waals surface area contributed by atoms with Gasteiger partial charge in [0.2, 0.25) is 0 Å². The molecule has 2 N–H and O–H groups in total. The molecule has 0 saturated heterocycles. The molecule has 1 aromatic heterocycles. The monoisotopic (exact) mass is 235 g/mol. The molecule has 90 valence electrons. The Labute approximate surface area is 97.9 Å². The lowest BCUT2D eigenvalue weighted by Gasteiger charge is -2.03. The van der Waals surface area contributed by atoms with E-state index in [0.29, 0.717) is 17.7 Å². The molecule has 0 spiro atoms. The standard InChI is InChI=1S/C12H13NO4/c1-17-8-2-3-11-9(6-8)10(12(15)16)7-13(11)4-5-14/h2-3,6-7,14H,4-5H2,1H3,(H,15,16). The van der Waals surface area contributed by atoms with E-state index in [1.54, 1.807) is 22.8 Å². The molecule has 5 nitrogen and oxygen atoms in total. The van der Waals surface area contributed by atoms with Crippen LogP contribution in [0.2, 0.25) is 0 Å². The van der Waals surface area contributed by atoms with Gasteiger partial charge in [-0.15, -0.1) is 0 Å². The summed E-state index contributed by atoms with van der Waals surface area (Å²) in [4.78, 5) is 11.1. The molecule has 0 unspecified atom stereocenters. The Balaban J connectivity index is 2.67. The van der Waals surface area contributed by atoms with Gasteiger partial charge in [-0.25, -0.2) is 4.79 Å². The normalized spacial score (nSPS) is 10.7. The van der Waals surface area contributed by atoms with E-state index in [1.807, 2.05) is 0 Å². The summed E-state index contributed by atoms with van der Waals surface area (Å²) in [5.41, 5.74) is 0.990. The van der Waals surface area contributed by atoms with Crippen LogP contribution in [0.15, 0.2) is 24.4 Å². The minimum atomic E-state index is -0.986. The van der Waals surface area contributed by atoms with Gasteiger partial charge < -0.3 is 19.5 Å². The molecule has 0 fully saturated rings. The van der Waals surface area contributed by atoms with Crippen molar-refractivity contribution in [1.29, 1.82) is 0 Å². The van der Waals surface area contributed by atoms with Crippen LogP contribution in [0.5, 0.6) is 5.75 Å². The first-order valence-electron chi connectivity index (χ1n) is 5.18. The summed E-state index contributed by atoms with van der Waals surface area (Å²) in [6.45, 7) is 0.338. The van der Waals surface area contributed by atoms with Crippen LogP contribution in [0.1, 0.15) is 10.4 Å². The predicted octanol–water partition coefficient (Wildman–Crippen LogP) is 1.34. The van der Waals surface area contributed by atoms with Crippen LogP contribution in [-0.2, 0) is 6.54 Å². The molecule has 2 aromatic rings. The Morgan fingerprint density at radius 2 is 2.24 bits per heavy atom. The van der Waals surface area contributed by atoms with Crippen molar-refractivity contribution in [3.63, 3.8) is 0 Å². The second-order valence-electron chi connectivity index (χ2n) is 3.65. The summed E-state index contributed by atoms with van der Waals surface area (Å²) in [5.74, 6) is -0.373. The second-order valence-corrected chi connectivity index (χ2v) is 3.65. The first-order chi connectivity index (χ1) is 8.17. The number of benzene rings is 1. The molecule has 0 radical (unpaired) electrons. The number of ether oxygens (including phenoxy) is 1. The topological polar surface area (TPSA) is 71.7 Å². The van der Waals surface area contributed by atoms with Crippen molar-refractivity contribution in [3.05, 3.63) is 30.0 Å². The van der Waals surface area contributed by atoms with Crippen molar-refractivity contribution in [1.82, 2.24) is 4.57 Å². The molecule has 1 heterocycles. The minimum absolute atomic E-state index is 0.0329. The van der Waals surface area contributed by atoms with E-state index in [-0.39, 0.29) is 12.2 Å². The summed E-state index contributed by atoms with van der Waals surface area (Å²) in [6.07, 6.45) is 1.53. The number of hydrogen-bond donors (Lipinski definition) is 2. The van der Waals surface area contributed by atoms with Crippen molar-refractivity contribution < 1.29 is 19.7 Å². The molecule has 0 aliphatic rings. The SMILES string of the molecule is COc1ccc2c(c1)c(C(=O)O)cn2CCO. The summed E-state index contributed by atoms with van der Waals surface area (Å²) < 4.78 is 6.80. The third-order valence-electron chi connectivity index (χ3n) is 2.66. The molecular weight excluding hydrogens is 222 g/mol. The lowest BCUT2D eigenvalue weighted by molar-refractivity contribution is 0.0698. The Morgan fingerprint density at radius 3 is 2.82 bits per heavy atom. The summed E-state index contributed by atoms with van der Waals surface area (Å²) in [7, 11) is 1.53. The van der Waals surface area contributed by atoms with Gasteiger partial charge in [0.15, 0.2) is 0 Å². The largest absolute Gasteiger partial charge is 0.497 e. The van der Waals surface area contributed by atoms with E-state index in [1.165, 1.54) is 13.3 Å². The fourth-order valence-corrected chi connectivity index (χ4v) is 1.87. The van der Waals surface area contributed by atoms with Crippen LogP contribution in [0.25, 0.3) is 10.9 Å². The van der Waals surface area contributed by atoms with Gasteiger partial charge in [-0.05, 0) is 18.2 Å². The van der Waals surface area contributed by atoms with E-state index in [9.17, 15) is 4.79 Å². The molecule has 0 amide bonds. The summed E-state index contributed by atoms with van der Waals surface area (Å²) in [5, 5.41) is 18.7. The molecule has 5 heteroatoms. The number of nitrogens with zero attached hydrogens (tertiary/aromatic N) is 1. The number of rotatable bonds is 4. The first kappa shape index (κ1) is 11.5. The number of carboxylic acids is 1. The van der Waals surface area contributed by atoms with E-state index in [0.717, 1.165) is 5.52 Å². The smallest absolute Gasteiger partial charge is 0.337 e. The maximum Gasteiger partial charge on any atom is 0.337 e. The Hall–Kier alpha value is -2.01. The van der Waals surface area contributed by atoms with Crippen LogP contribution in [0.4, 0.5) is 0 Å². The fraction of sp³-hybridized carbons (Fsp3) is 0.250. The number of aliphatic hydroxyl groups is 1. The number of carboxylic acid groups (broad SMARTS) is 1. The summed E-state index contributed by atoms with van der Waals surface area (Å²) in [6, 6.07) is 5.24. The number of carbonyl (C=O) groups is 1. The third-order valence-corrected chi connectivity index (χ3v) is 2.66. The van der Waals surface area contributed by atoms with Gasteiger partial charge in [0.05, 0.1) is 19.3 Å². The number of methoxy groups -OCH3 is 1. The van der Waals surface area contributed by atoms with Gasteiger partial charge in [0.25, 0.3) is 0 Å². The Bertz CT molecular complexity index is 559. The average molecular weight is 235 g/mol. The Kier molecular flexibility index (Phi) is 3.01. The van der Waals surface area contributed by atoms with Gasteiger partial charge in [-0.2, -0.15) is 0 Å². The Morgan fingerprint density at radius 1 is 1.47 bits per heavy atom. The van der Waals surface area contributed by atoms with Crippen LogP contribution in [-0.4, -0.2) is 34.5 Å². The third kappa shape index (κ3) is 1.97. The highest BCUT2D eigenvalue weighted by atomic mass is 16.5. The average Bonchev–Trinajstić information content (AvgIpc) is 2.68. The minimum Gasteiger partial charge on any atom is -0.497 e. The number of aromatic carboxylic acids is 1. The highest BCUT2D eigenvalue weighted by Gasteiger charge is 2.14. The molecule has 17 heavy (non-hydrogen) atoms. The second kappa shape index (κ2) is 4.47. The van der Waals surface area contributed by atoms with Crippen LogP contribution >= 0.6 is 0 Å². The number of aromatic nitrogens is 1. The van der Waals surface area contributed by atoms with Gasteiger partial charge in [-0.3, -0.25) is 0 Å². The van der Waals surface area contributed by atoms with E-state index in [2.05, 4.69) is 0 Å². The number of aliphatic hydroxyl groups excluding tert-OH is 1. The van der Waals surface area contributed by atoms with Gasteiger partial charge in [0, 0.05) is 23.6 Å². The van der Waals surface area contributed by atoms with Gasteiger partial charge in [-0.1, -0.05) is 0 Å². The number of hydrogen-bond acceptors (Lipinski definition) is 3. The zero-order valence-corrected chi connectivity index (χ0v) is 9.38. The predicted molar refractivity (Wildman–Crippen MR) is 62.5 cm³/mol. The maximum absolute atomic E-state index is 11.1. The zero-order valence-electron chi connectivity index (χ0n) is 9.38. The van der Waals surface area contributed by atoms with Crippen LogP contribution in [0, 0.1) is 0 Å². The molecule has 0 saturated carbocycles. The van der Waals surface area contributed by atoms with Crippen molar-refractivity contribution in [2.75, 3.05) is 13.7 Å². The molecule has 0 atom stereocenters. The quantitative estimate of drug-likeness (QED) is 0.838. The number of fused-ring (bicyclic) bond motifs is 1. The molecule has 0 aliphatic carbocycles. The summed E-state index contributed by atoms with van der Waals surface area (Å²) >= 11 is 0. The zero-order chi connectivity index (χ0) is 12.4. The van der Waals surface area contributed by atoms with Crippen molar-refractivity contribution >= 4 is 16.9 Å². The molecular formula is C12H13NO4. The molecule has 0 aliphatic heterocycles. The fourth-order valence-electron chi connectivity index (χ4n) is 1.87. The van der Waals surface area contributed by atoms with Crippen LogP contribution < -0.4 is 4.74 Å². The van der Waals surface area contributed by atoms with Crippen molar-refractivity contribution in [2.24, 2.45) is 0 Å². The van der Waals surface area contributed by atoms with Crippen molar-refractivity contribution in [2.45, 2.75) is 6.54 Å². The first-order valence-corrected chi connectivity index (χ1v) is 5.18. The van der Waals surface area contributed by atoms with E-state index in [4.69, 9.17) is 14.9 Å². The lowest BCUT2D eigenvalue weighted by atomic mass is 10.1. The highest BCUT2D eigenvalue weighted by molar-refractivity contribution is 6.03. The van der Waals surface area contributed by atoms with Crippen molar-refractivity contribution in [3.8, 4) is 5.75 Å². The maximum atomic E-state index is 11.1. The highest BCUT2D eigenvalue weighted by Crippen LogP contribution is 2.26. The van der Waals surface area contributed by atoms with Gasteiger partial charge >= 0.3 is 5.97 Å². The molecule has 2 rings (SSSR count). The molecule has 1 aromatic carbocycles. The van der Waals surface area contributed by atoms with E-state index < -0.39 is 5.97 Å².